The van der Waals surface area contributed by atoms with Crippen LogP contribution in [0.1, 0.15) is 27.4 Å². The maximum Gasteiger partial charge on any atom is 0.274 e. The van der Waals surface area contributed by atoms with Crippen LogP contribution >= 0.6 is 0 Å². The Labute approximate surface area is 106 Å². The molecular weight excluding hydrogens is 226 g/mol. The lowest BCUT2D eigenvalue weighted by molar-refractivity contribution is 0.102. The van der Waals surface area contributed by atoms with Gasteiger partial charge in [0.05, 0.1) is 0 Å². The van der Waals surface area contributed by atoms with Crippen molar-refractivity contribution in [2.24, 2.45) is 0 Å². The number of anilines is 1. The summed E-state index contributed by atoms with van der Waals surface area (Å²) in [5.41, 5.74) is 3.41. The summed E-state index contributed by atoms with van der Waals surface area (Å²) in [6.45, 7) is 5.75. The Bertz CT molecular complexity index is 593. The van der Waals surface area contributed by atoms with Gasteiger partial charge < -0.3 is 5.32 Å². The van der Waals surface area contributed by atoms with Gasteiger partial charge in [0.15, 0.2) is 0 Å². The van der Waals surface area contributed by atoms with E-state index in [1.165, 1.54) is 0 Å². The number of hydrogen-bond acceptors (Lipinski definition) is 3. The van der Waals surface area contributed by atoms with Gasteiger partial charge in [0.25, 0.3) is 5.91 Å². The van der Waals surface area contributed by atoms with Crippen molar-refractivity contribution in [2.75, 3.05) is 5.32 Å². The molecule has 92 valence electrons. The van der Waals surface area contributed by atoms with Gasteiger partial charge in [-0.05, 0) is 44.0 Å². The third kappa shape index (κ3) is 2.53. The van der Waals surface area contributed by atoms with Crippen LogP contribution in [-0.4, -0.2) is 15.9 Å². The van der Waals surface area contributed by atoms with Gasteiger partial charge in [0, 0.05) is 11.9 Å². The van der Waals surface area contributed by atoms with E-state index in [1.807, 2.05) is 32.0 Å². The molecule has 1 aromatic carbocycles. The predicted molar refractivity (Wildman–Crippen MR) is 70.6 cm³/mol. The normalized spacial score (nSPS) is 10.2. The van der Waals surface area contributed by atoms with Crippen molar-refractivity contribution in [1.29, 1.82) is 0 Å². The second-order valence-electron chi connectivity index (χ2n) is 4.19. The zero-order valence-electron chi connectivity index (χ0n) is 10.7. The number of hydrogen-bond donors (Lipinski definition) is 1. The first kappa shape index (κ1) is 12.2. The first-order valence-corrected chi connectivity index (χ1v) is 5.75. The number of aromatic nitrogens is 2. The van der Waals surface area contributed by atoms with Crippen molar-refractivity contribution < 1.29 is 4.79 Å². The largest absolute Gasteiger partial charge is 0.320 e. The lowest BCUT2D eigenvalue weighted by Gasteiger charge is -2.09. The molecule has 0 aliphatic carbocycles. The van der Waals surface area contributed by atoms with Crippen LogP contribution < -0.4 is 5.32 Å². The Kier molecular flexibility index (Phi) is 3.37. The highest BCUT2D eigenvalue weighted by Gasteiger charge is 2.09. The highest BCUT2D eigenvalue weighted by Crippen LogP contribution is 2.18. The number of aryl methyl sites for hydroxylation is 2. The zero-order chi connectivity index (χ0) is 13.1. The molecule has 0 bridgehead atoms. The molecule has 4 nitrogen and oxygen atoms in total. The van der Waals surface area contributed by atoms with Crippen molar-refractivity contribution in [2.45, 2.75) is 20.8 Å². The third-order valence-corrected chi connectivity index (χ3v) is 2.86. The summed E-state index contributed by atoms with van der Waals surface area (Å²) in [7, 11) is 0. The average molecular weight is 241 g/mol. The molecule has 0 aliphatic rings. The minimum Gasteiger partial charge on any atom is -0.320 e. The summed E-state index contributed by atoms with van der Waals surface area (Å²) in [5, 5.41) is 2.87. The van der Waals surface area contributed by atoms with Crippen LogP contribution in [-0.2, 0) is 0 Å². The molecule has 1 amide bonds. The monoisotopic (exact) mass is 241 g/mol. The van der Waals surface area contributed by atoms with E-state index in [-0.39, 0.29) is 5.91 Å². The summed E-state index contributed by atoms with van der Waals surface area (Å²) < 4.78 is 0. The fraction of sp³-hybridized carbons (Fsp3) is 0.214. The standard InChI is InChI=1S/C14H15N3O/c1-9-5-4-6-12(10(9)2)17-14(18)13-7-8-15-11(3)16-13/h4-8H,1-3H3,(H,17,18). The summed E-state index contributed by atoms with van der Waals surface area (Å²) in [5.74, 6) is 0.373. The third-order valence-electron chi connectivity index (χ3n) is 2.86. The summed E-state index contributed by atoms with van der Waals surface area (Å²) in [4.78, 5) is 20.1. The second-order valence-corrected chi connectivity index (χ2v) is 4.19. The summed E-state index contributed by atoms with van der Waals surface area (Å²) >= 11 is 0. The van der Waals surface area contributed by atoms with Gasteiger partial charge in [-0.15, -0.1) is 0 Å². The molecule has 0 aliphatic heterocycles. The molecule has 0 saturated heterocycles. The van der Waals surface area contributed by atoms with E-state index in [1.54, 1.807) is 19.2 Å². The first-order valence-electron chi connectivity index (χ1n) is 5.75. The van der Waals surface area contributed by atoms with E-state index in [2.05, 4.69) is 15.3 Å². The number of nitrogens with one attached hydrogen (secondary N) is 1. The smallest absolute Gasteiger partial charge is 0.274 e. The average Bonchev–Trinajstić information content (AvgIpc) is 2.35. The molecule has 2 aromatic rings. The topological polar surface area (TPSA) is 54.9 Å². The number of amides is 1. The first-order chi connectivity index (χ1) is 8.58. The van der Waals surface area contributed by atoms with Crippen molar-refractivity contribution in [3.8, 4) is 0 Å². The Hall–Kier alpha value is -2.23. The van der Waals surface area contributed by atoms with E-state index < -0.39 is 0 Å². The van der Waals surface area contributed by atoms with E-state index in [4.69, 9.17) is 0 Å². The van der Waals surface area contributed by atoms with Gasteiger partial charge in [-0.3, -0.25) is 4.79 Å². The number of benzene rings is 1. The fourth-order valence-corrected chi connectivity index (χ4v) is 1.66. The van der Waals surface area contributed by atoms with Crippen molar-refractivity contribution in [3.05, 3.63) is 53.1 Å². The minimum atomic E-state index is -0.214. The summed E-state index contributed by atoms with van der Waals surface area (Å²) in [6, 6.07) is 7.42. The zero-order valence-corrected chi connectivity index (χ0v) is 10.7. The number of rotatable bonds is 2. The molecule has 1 heterocycles. The molecule has 18 heavy (non-hydrogen) atoms. The van der Waals surface area contributed by atoms with Crippen molar-refractivity contribution >= 4 is 11.6 Å². The minimum absolute atomic E-state index is 0.214. The van der Waals surface area contributed by atoms with Crippen LogP contribution in [0.15, 0.2) is 30.5 Å². The van der Waals surface area contributed by atoms with Gasteiger partial charge >= 0.3 is 0 Å². The van der Waals surface area contributed by atoms with E-state index in [0.717, 1.165) is 16.8 Å². The Balaban J connectivity index is 2.24. The van der Waals surface area contributed by atoms with Crippen LogP contribution in [0.5, 0.6) is 0 Å². The van der Waals surface area contributed by atoms with Gasteiger partial charge in [-0.1, -0.05) is 12.1 Å². The van der Waals surface area contributed by atoms with Crippen LogP contribution in [0, 0.1) is 20.8 Å². The molecular formula is C14H15N3O. The lowest BCUT2D eigenvalue weighted by atomic mass is 10.1. The van der Waals surface area contributed by atoms with Crippen molar-refractivity contribution in [1.82, 2.24) is 9.97 Å². The highest BCUT2D eigenvalue weighted by atomic mass is 16.1. The molecule has 0 fully saturated rings. The van der Waals surface area contributed by atoms with Crippen LogP contribution in [0.2, 0.25) is 0 Å². The Morgan fingerprint density at radius 1 is 1.17 bits per heavy atom. The molecule has 0 spiro atoms. The molecule has 2 rings (SSSR count). The quantitative estimate of drug-likeness (QED) is 0.879. The molecule has 0 saturated carbocycles. The number of carbonyl (C=O) groups is 1. The molecule has 0 unspecified atom stereocenters. The maximum absolute atomic E-state index is 12.0. The van der Waals surface area contributed by atoms with E-state index >= 15 is 0 Å². The van der Waals surface area contributed by atoms with E-state index in [0.29, 0.717) is 11.5 Å². The lowest BCUT2D eigenvalue weighted by Crippen LogP contribution is -2.15. The Morgan fingerprint density at radius 3 is 2.67 bits per heavy atom. The van der Waals surface area contributed by atoms with Crippen LogP contribution in [0.4, 0.5) is 5.69 Å². The highest BCUT2D eigenvalue weighted by molar-refractivity contribution is 6.03. The van der Waals surface area contributed by atoms with Crippen molar-refractivity contribution in [3.63, 3.8) is 0 Å². The molecule has 4 heteroatoms. The SMILES string of the molecule is Cc1nccc(C(=O)Nc2cccc(C)c2C)n1. The van der Waals surface area contributed by atoms with E-state index in [9.17, 15) is 4.79 Å². The molecule has 0 radical (unpaired) electrons. The van der Waals surface area contributed by atoms with Gasteiger partial charge in [0.1, 0.15) is 11.5 Å². The molecule has 1 aromatic heterocycles. The van der Waals surface area contributed by atoms with Gasteiger partial charge in [0.2, 0.25) is 0 Å². The van der Waals surface area contributed by atoms with Gasteiger partial charge in [-0.25, -0.2) is 9.97 Å². The molecule has 0 atom stereocenters. The van der Waals surface area contributed by atoms with Crippen LogP contribution in [0.3, 0.4) is 0 Å². The maximum atomic E-state index is 12.0. The number of nitrogens with zero attached hydrogens (tertiary/aromatic N) is 2. The fourth-order valence-electron chi connectivity index (χ4n) is 1.66. The summed E-state index contributed by atoms with van der Waals surface area (Å²) in [6.07, 6.45) is 1.58. The predicted octanol–water partition coefficient (Wildman–Crippen LogP) is 2.65. The van der Waals surface area contributed by atoms with Crippen LogP contribution in [0.25, 0.3) is 0 Å². The number of carbonyl (C=O) groups excluding carboxylic acids is 1. The van der Waals surface area contributed by atoms with Gasteiger partial charge in [-0.2, -0.15) is 0 Å². The Morgan fingerprint density at radius 2 is 1.94 bits per heavy atom. The second kappa shape index (κ2) is 4.96. The molecule has 1 N–H and O–H groups in total.